The van der Waals surface area contributed by atoms with Crippen molar-refractivity contribution in [3.05, 3.63) is 53.8 Å². The molecule has 4 heteroatoms. The van der Waals surface area contributed by atoms with Crippen LogP contribution in [-0.4, -0.2) is 15.1 Å². The molecule has 0 bridgehead atoms. The van der Waals surface area contributed by atoms with Crippen LogP contribution in [0.2, 0.25) is 5.02 Å². The Bertz CT molecular complexity index is 728. The zero-order valence-corrected chi connectivity index (χ0v) is 10.1. The highest BCUT2D eigenvalue weighted by molar-refractivity contribution is 6.31. The van der Waals surface area contributed by atoms with Gasteiger partial charge in [-0.3, -0.25) is 9.97 Å². The maximum atomic E-state index is 9.87. The van der Waals surface area contributed by atoms with E-state index in [-0.39, 0.29) is 5.75 Å². The van der Waals surface area contributed by atoms with E-state index in [1.54, 1.807) is 30.6 Å². The number of aromatic nitrogens is 2. The fourth-order valence-corrected chi connectivity index (χ4v) is 2.04. The van der Waals surface area contributed by atoms with Crippen LogP contribution < -0.4 is 0 Å². The average molecular weight is 257 g/mol. The number of fused-ring (bicyclic) bond motifs is 1. The molecule has 0 radical (unpaired) electrons. The fraction of sp³-hybridized carbons (Fsp3) is 0. The Kier molecular flexibility index (Phi) is 2.61. The van der Waals surface area contributed by atoms with Crippen LogP contribution >= 0.6 is 11.6 Å². The van der Waals surface area contributed by atoms with Crippen molar-refractivity contribution in [2.24, 2.45) is 0 Å². The standard InChI is InChI=1S/C14H9ClN2O/c15-10-2-4-14(18)11(8-10)9-1-3-12-13(7-9)17-6-5-16-12/h1-8,18H. The minimum absolute atomic E-state index is 0.197. The van der Waals surface area contributed by atoms with E-state index < -0.39 is 0 Å². The molecule has 18 heavy (non-hydrogen) atoms. The van der Waals surface area contributed by atoms with Crippen molar-refractivity contribution in [2.45, 2.75) is 0 Å². The molecule has 0 saturated heterocycles. The second-order valence-corrected chi connectivity index (χ2v) is 4.36. The molecule has 1 aromatic heterocycles. The van der Waals surface area contributed by atoms with Crippen molar-refractivity contribution in [2.75, 3.05) is 0 Å². The van der Waals surface area contributed by atoms with E-state index in [1.165, 1.54) is 0 Å². The largest absolute Gasteiger partial charge is 0.507 e. The molecule has 0 aliphatic rings. The minimum atomic E-state index is 0.197. The fourth-order valence-electron chi connectivity index (χ4n) is 1.87. The Morgan fingerprint density at radius 3 is 2.50 bits per heavy atom. The molecule has 0 amide bonds. The Morgan fingerprint density at radius 2 is 1.67 bits per heavy atom. The number of hydrogen-bond donors (Lipinski definition) is 1. The lowest BCUT2D eigenvalue weighted by molar-refractivity contribution is 0.477. The summed E-state index contributed by atoms with van der Waals surface area (Å²) in [6.45, 7) is 0. The van der Waals surface area contributed by atoms with Crippen LogP contribution in [0.4, 0.5) is 0 Å². The molecule has 0 aliphatic heterocycles. The van der Waals surface area contributed by atoms with Gasteiger partial charge in [0.05, 0.1) is 11.0 Å². The molecular formula is C14H9ClN2O. The lowest BCUT2D eigenvalue weighted by atomic mass is 10.0. The van der Waals surface area contributed by atoms with Crippen molar-refractivity contribution in [1.29, 1.82) is 0 Å². The Morgan fingerprint density at radius 1 is 0.889 bits per heavy atom. The summed E-state index contributed by atoms with van der Waals surface area (Å²) in [6, 6.07) is 10.6. The van der Waals surface area contributed by atoms with E-state index in [9.17, 15) is 5.11 Å². The van der Waals surface area contributed by atoms with Gasteiger partial charge in [0.1, 0.15) is 5.75 Å². The van der Waals surface area contributed by atoms with Gasteiger partial charge in [0, 0.05) is 23.0 Å². The van der Waals surface area contributed by atoms with Gasteiger partial charge < -0.3 is 5.11 Å². The van der Waals surface area contributed by atoms with Crippen LogP contribution in [0, 0.1) is 0 Å². The second kappa shape index (κ2) is 4.27. The minimum Gasteiger partial charge on any atom is -0.507 e. The smallest absolute Gasteiger partial charge is 0.123 e. The van der Waals surface area contributed by atoms with E-state index in [2.05, 4.69) is 9.97 Å². The summed E-state index contributed by atoms with van der Waals surface area (Å²) in [4.78, 5) is 8.45. The highest BCUT2D eigenvalue weighted by Crippen LogP contribution is 2.32. The summed E-state index contributed by atoms with van der Waals surface area (Å²) >= 11 is 5.95. The normalized spacial score (nSPS) is 10.7. The zero-order valence-electron chi connectivity index (χ0n) is 9.34. The van der Waals surface area contributed by atoms with Crippen molar-refractivity contribution >= 4 is 22.6 Å². The van der Waals surface area contributed by atoms with Crippen LogP contribution in [0.1, 0.15) is 0 Å². The first-order valence-corrected chi connectivity index (χ1v) is 5.81. The molecule has 0 fully saturated rings. The quantitative estimate of drug-likeness (QED) is 0.723. The zero-order chi connectivity index (χ0) is 12.5. The topological polar surface area (TPSA) is 46.0 Å². The molecule has 3 rings (SSSR count). The predicted molar refractivity (Wildman–Crippen MR) is 71.6 cm³/mol. The van der Waals surface area contributed by atoms with Crippen LogP contribution in [0.15, 0.2) is 48.8 Å². The van der Waals surface area contributed by atoms with E-state index in [1.807, 2.05) is 18.2 Å². The number of hydrogen-bond acceptors (Lipinski definition) is 3. The first kappa shape index (κ1) is 11.0. The second-order valence-electron chi connectivity index (χ2n) is 3.92. The molecule has 1 N–H and O–H groups in total. The van der Waals surface area contributed by atoms with Gasteiger partial charge in [0.15, 0.2) is 0 Å². The molecule has 88 valence electrons. The predicted octanol–water partition coefficient (Wildman–Crippen LogP) is 3.66. The number of nitrogens with zero attached hydrogens (tertiary/aromatic N) is 2. The number of aromatic hydroxyl groups is 1. The Balaban J connectivity index is 2.22. The molecule has 1 heterocycles. The summed E-state index contributed by atoms with van der Waals surface area (Å²) in [6.07, 6.45) is 3.29. The monoisotopic (exact) mass is 256 g/mol. The van der Waals surface area contributed by atoms with Gasteiger partial charge in [-0.1, -0.05) is 17.7 Å². The van der Waals surface area contributed by atoms with E-state index in [4.69, 9.17) is 11.6 Å². The van der Waals surface area contributed by atoms with Gasteiger partial charge in [0.25, 0.3) is 0 Å². The third-order valence-corrected chi connectivity index (χ3v) is 2.97. The lowest BCUT2D eigenvalue weighted by Crippen LogP contribution is -1.84. The molecule has 0 aliphatic carbocycles. The molecular weight excluding hydrogens is 248 g/mol. The highest BCUT2D eigenvalue weighted by atomic mass is 35.5. The van der Waals surface area contributed by atoms with E-state index >= 15 is 0 Å². The van der Waals surface area contributed by atoms with E-state index in [0.717, 1.165) is 16.6 Å². The van der Waals surface area contributed by atoms with Gasteiger partial charge in [-0.2, -0.15) is 0 Å². The number of rotatable bonds is 1. The first-order valence-electron chi connectivity index (χ1n) is 5.44. The summed E-state index contributed by atoms with van der Waals surface area (Å²) < 4.78 is 0. The average Bonchev–Trinajstić information content (AvgIpc) is 2.41. The molecule has 0 spiro atoms. The van der Waals surface area contributed by atoms with Gasteiger partial charge in [-0.05, 0) is 35.9 Å². The van der Waals surface area contributed by atoms with Crippen LogP contribution in [0.25, 0.3) is 22.2 Å². The summed E-state index contributed by atoms with van der Waals surface area (Å²) in [5.41, 5.74) is 3.16. The van der Waals surface area contributed by atoms with Gasteiger partial charge >= 0.3 is 0 Å². The Labute approximate surface area is 109 Å². The first-order chi connectivity index (χ1) is 8.74. The van der Waals surface area contributed by atoms with Crippen LogP contribution in [-0.2, 0) is 0 Å². The summed E-state index contributed by atoms with van der Waals surface area (Å²) in [5.74, 6) is 0.197. The van der Waals surface area contributed by atoms with Crippen LogP contribution in [0.5, 0.6) is 5.75 Å². The SMILES string of the molecule is Oc1ccc(Cl)cc1-c1ccc2nccnc2c1. The summed E-state index contributed by atoms with van der Waals surface area (Å²) in [7, 11) is 0. The van der Waals surface area contributed by atoms with Gasteiger partial charge in [0.2, 0.25) is 0 Å². The molecule has 3 aromatic rings. The molecule has 2 aromatic carbocycles. The maximum Gasteiger partial charge on any atom is 0.123 e. The number of phenols is 1. The van der Waals surface area contributed by atoms with Crippen molar-refractivity contribution in [1.82, 2.24) is 9.97 Å². The molecule has 0 unspecified atom stereocenters. The highest BCUT2D eigenvalue weighted by Gasteiger charge is 2.06. The number of phenolic OH excluding ortho intramolecular Hbond substituents is 1. The van der Waals surface area contributed by atoms with Crippen molar-refractivity contribution < 1.29 is 5.11 Å². The van der Waals surface area contributed by atoms with Crippen molar-refractivity contribution in [3.63, 3.8) is 0 Å². The third-order valence-electron chi connectivity index (χ3n) is 2.74. The molecule has 0 saturated carbocycles. The van der Waals surface area contributed by atoms with Crippen molar-refractivity contribution in [3.8, 4) is 16.9 Å². The molecule has 0 atom stereocenters. The Hall–Kier alpha value is -2.13. The van der Waals surface area contributed by atoms with E-state index in [0.29, 0.717) is 10.6 Å². The number of halogens is 1. The molecule has 3 nitrogen and oxygen atoms in total. The third kappa shape index (κ3) is 1.89. The maximum absolute atomic E-state index is 9.87. The summed E-state index contributed by atoms with van der Waals surface area (Å²) in [5, 5.41) is 10.5. The van der Waals surface area contributed by atoms with Crippen LogP contribution in [0.3, 0.4) is 0 Å². The van der Waals surface area contributed by atoms with Gasteiger partial charge in [-0.15, -0.1) is 0 Å². The van der Waals surface area contributed by atoms with Gasteiger partial charge in [-0.25, -0.2) is 0 Å². The lowest BCUT2D eigenvalue weighted by Gasteiger charge is -2.06. The number of benzene rings is 2.